The zero-order valence-electron chi connectivity index (χ0n) is 12.7. The highest BCUT2D eigenvalue weighted by molar-refractivity contribution is 5.42. The van der Waals surface area contributed by atoms with Crippen LogP contribution in [0.4, 0.5) is 0 Å². The Labute approximate surface area is 126 Å². The Balaban J connectivity index is 1.82. The van der Waals surface area contributed by atoms with Gasteiger partial charge in [0, 0.05) is 32.2 Å². The number of benzene rings is 1. The van der Waals surface area contributed by atoms with Crippen molar-refractivity contribution in [1.29, 1.82) is 5.26 Å². The van der Waals surface area contributed by atoms with Crippen molar-refractivity contribution in [2.24, 2.45) is 0 Å². The van der Waals surface area contributed by atoms with E-state index in [2.05, 4.69) is 29.8 Å². The van der Waals surface area contributed by atoms with Crippen LogP contribution in [0, 0.1) is 11.3 Å². The molecule has 1 N–H and O–H groups in total. The highest BCUT2D eigenvalue weighted by atomic mass is 16.5. The molecule has 1 aliphatic heterocycles. The zero-order chi connectivity index (χ0) is 15.2. The molecular weight excluding hydrogens is 266 g/mol. The van der Waals surface area contributed by atoms with E-state index in [0.29, 0.717) is 23.9 Å². The summed E-state index contributed by atoms with van der Waals surface area (Å²) in [6.07, 6.45) is -0.553. The molecule has 1 fully saturated rings. The summed E-state index contributed by atoms with van der Waals surface area (Å²) in [5.74, 6) is 0.533. The van der Waals surface area contributed by atoms with Crippen LogP contribution in [-0.2, 0) is 0 Å². The van der Waals surface area contributed by atoms with E-state index in [1.807, 2.05) is 6.07 Å². The Kier molecular flexibility index (Phi) is 5.57. The lowest BCUT2D eigenvalue weighted by atomic mass is 10.2. The Morgan fingerprint density at radius 2 is 2.19 bits per heavy atom. The van der Waals surface area contributed by atoms with Crippen LogP contribution in [0.15, 0.2) is 24.3 Å². The fourth-order valence-electron chi connectivity index (χ4n) is 2.64. The molecule has 0 aliphatic carbocycles. The molecule has 1 heterocycles. The predicted octanol–water partition coefficient (Wildman–Crippen LogP) is 0.934. The molecule has 2 atom stereocenters. The van der Waals surface area contributed by atoms with Crippen LogP contribution >= 0.6 is 0 Å². The number of nitriles is 1. The van der Waals surface area contributed by atoms with Gasteiger partial charge in [0.1, 0.15) is 24.5 Å². The van der Waals surface area contributed by atoms with Gasteiger partial charge in [-0.1, -0.05) is 12.1 Å². The number of hydrogen-bond donors (Lipinski definition) is 1. The third-order valence-electron chi connectivity index (χ3n) is 3.85. The molecule has 0 bridgehead atoms. The van der Waals surface area contributed by atoms with E-state index in [4.69, 9.17) is 10.00 Å². The summed E-state index contributed by atoms with van der Waals surface area (Å²) >= 11 is 0. The van der Waals surface area contributed by atoms with E-state index >= 15 is 0 Å². The molecular formula is C16H23N3O2. The second kappa shape index (κ2) is 7.41. The first-order chi connectivity index (χ1) is 10.1. The minimum absolute atomic E-state index is 0.206. The molecule has 2 rings (SSSR count). The van der Waals surface area contributed by atoms with Crippen molar-refractivity contribution in [1.82, 2.24) is 9.80 Å². The maximum atomic E-state index is 10.1. The Morgan fingerprint density at radius 1 is 1.43 bits per heavy atom. The van der Waals surface area contributed by atoms with E-state index in [9.17, 15) is 5.11 Å². The average molecular weight is 289 g/mol. The number of aliphatic hydroxyl groups is 1. The summed E-state index contributed by atoms with van der Waals surface area (Å²) in [6, 6.07) is 9.62. The number of likely N-dealkylation sites (N-methyl/N-ethyl adjacent to an activating group) is 1. The SMILES string of the molecule is CC1CN(C)CCN1CC(O)COc1ccccc1C#N. The predicted molar refractivity (Wildman–Crippen MR) is 81.2 cm³/mol. The summed E-state index contributed by atoms with van der Waals surface area (Å²) in [5, 5.41) is 19.1. The second-order valence-corrected chi connectivity index (χ2v) is 5.68. The first-order valence-corrected chi connectivity index (χ1v) is 7.32. The van der Waals surface area contributed by atoms with Gasteiger partial charge >= 0.3 is 0 Å². The van der Waals surface area contributed by atoms with Crippen molar-refractivity contribution in [2.45, 2.75) is 19.1 Å². The van der Waals surface area contributed by atoms with Crippen molar-refractivity contribution in [2.75, 3.05) is 39.8 Å². The number of aliphatic hydroxyl groups excluding tert-OH is 1. The summed E-state index contributed by atoms with van der Waals surface area (Å²) in [5.41, 5.74) is 0.498. The smallest absolute Gasteiger partial charge is 0.137 e. The van der Waals surface area contributed by atoms with Crippen LogP contribution in [0.2, 0.25) is 0 Å². The fourth-order valence-corrected chi connectivity index (χ4v) is 2.64. The summed E-state index contributed by atoms with van der Waals surface area (Å²) in [7, 11) is 2.12. The lowest BCUT2D eigenvalue weighted by molar-refractivity contribution is 0.0273. The van der Waals surface area contributed by atoms with Crippen LogP contribution in [0.25, 0.3) is 0 Å². The minimum Gasteiger partial charge on any atom is -0.489 e. The number of ether oxygens (including phenoxy) is 1. The van der Waals surface area contributed by atoms with Crippen LogP contribution in [0.1, 0.15) is 12.5 Å². The van der Waals surface area contributed by atoms with E-state index in [1.54, 1.807) is 18.2 Å². The van der Waals surface area contributed by atoms with E-state index in [1.165, 1.54) is 0 Å². The third kappa shape index (κ3) is 4.43. The molecule has 2 unspecified atom stereocenters. The van der Waals surface area contributed by atoms with Crippen LogP contribution in [0.5, 0.6) is 5.75 Å². The van der Waals surface area contributed by atoms with E-state index in [-0.39, 0.29) is 6.61 Å². The Morgan fingerprint density at radius 3 is 2.90 bits per heavy atom. The number of rotatable bonds is 5. The van der Waals surface area contributed by atoms with Crippen molar-refractivity contribution in [3.63, 3.8) is 0 Å². The van der Waals surface area contributed by atoms with Gasteiger partial charge in [0.05, 0.1) is 5.56 Å². The average Bonchev–Trinajstić information content (AvgIpc) is 2.48. The van der Waals surface area contributed by atoms with Gasteiger partial charge in [-0.25, -0.2) is 0 Å². The maximum Gasteiger partial charge on any atom is 0.137 e. The van der Waals surface area contributed by atoms with Gasteiger partial charge in [-0.2, -0.15) is 5.26 Å². The van der Waals surface area contributed by atoms with Crippen molar-refractivity contribution in [3.05, 3.63) is 29.8 Å². The Bertz CT molecular complexity index is 501. The van der Waals surface area contributed by atoms with Gasteiger partial charge in [0.25, 0.3) is 0 Å². The first-order valence-electron chi connectivity index (χ1n) is 7.32. The Hall–Kier alpha value is -1.61. The highest BCUT2D eigenvalue weighted by Crippen LogP contribution is 2.17. The molecule has 5 nitrogen and oxygen atoms in total. The summed E-state index contributed by atoms with van der Waals surface area (Å²) in [6.45, 7) is 5.99. The number of piperazine rings is 1. The fraction of sp³-hybridized carbons (Fsp3) is 0.562. The quantitative estimate of drug-likeness (QED) is 0.874. The molecule has 0 aromatic heterocycles. The largest absolute Gasteiger partial charge is 0.489 e. The normalized spacial score (nSPS) is 21.7. The van der Waals surface area contributed by atoms with Gasteiger partial charge in [-0.3, -0.25) is 4.90 Å². The van der Waals surface area contributed by atoms with Gasteiger partial charge in [0.2, 0.25) is 0 Å². The molecule has 1 saturated heterocycles. The van der Waals surface area contributed by atoms with Crippen molar-refractivity contribution in [3.8, 4) is 11.8 Å². The lowest BCUT2D eigenvalue weighted by Gasteiger charge is -2.39. The molecule has 0 amide bonds. The summed E-state index contributed by atoms with van der Waals surface area (Å²) < 4.78 is 5.58. The molecule has 0 spiro atoms. The van der Waals surface area contributed by atoms with E-state index < -0.39 is 6.10 Å². The highest BCUT2D eigenvalue weighted by Gasteiger charge is 2.23. The van der Waals surface area contributed by atoms with Gasteiger partial charge in [-0.05, 0) is 26.1 Å². The minimum atomic E-state index is -0.553. The van der Waals surface area contributed by atoms with Gasteiger partial charge < -0.3 is 14.7 Å². The second-order valence-electron chi connectivity index (χ2n) is 5.68. The number of nitrogens with zero attached hydrogens (tertiary/aromatic N) is 3. The first kappa shape index (κ1) is 15.8. The number of hydrogen-bond acceptors (Lipinski definition) is 5. The monoisotopic (exact) mass is 289 g/mol. The lowest BCUT2D eigenvalue weighted by Crippen LogP contribution is -2.53. The molecule has 5 heteroatoms. The molecule has 1 aromatic rings. The van der Waals surface area contributed by atoms with Gasteiger partial charge in [0.15, 0.2) is 0 Å². The molecule has 0 radical (unpaired) electrons. The van der Waals surface area contributed by atoms with Gasteiger partial charge in [-0.15, -0.1) is 0 Å². The molecule has 21 heavy (non-hydrogen) atoms. The van der Waals surface area contributed by atoms with Crippen LogP contribution < -0.4 is 4.74 Å². The van der Waals surface area contributed by atoms with Crippen LogP contribution in [0.3, 0.4) is 0 Å². The van der Waals surface area contributed by atoms with Crippen molar-refractivity contribution >= 4 is 0 Å². The number of β-amino-alcohol motifs (C(OH)–C–C–N with tert-alkyl or cyclic N) is 1. The third-order valence-corrected chi connectivity index (χ3v) is 3.85. The number of para-hydroxylation sites is 1. The summed E-state index contributed by atoms with van der Waals surface area (Å²) in [4.78, 5) is 4.58. The van der Waals surface area contributed by atoms with Crippen LogP contribution in [-0.4, -0.2) is 66.9 Å². The standard InChI is InChI=1S/C16H23N3O2/c1-13-10-18(2)7-8-19(13)11-15(20)12-21-16-6-4-3-5-14(16)9-17/h3-6,13,15,20H,7-8,10-12H2,1-2H3. The molecule has 0 saturated carbocycles. The zero-order valence-corrected chi connectivity index (χ0v) is 12.7. The van der Waals surface area contributed by atoms with E-state index in [0.717, 1.165) is 19.6 Å². The molecule has 114 valence electrons. The molecule has 1 aliphatic rings. The van der Waals surface area contributed by atoms with Crippen molar-refractivity contribution < 1.29 is 9.84 Å². The topological polar surface area (TPSA) is 59.7 Å². The molecule has 1 aromatic carbocycles. The maximum absolute atomic E-state index is 10.1.